The summed E-state index contributed by atoms with van der Waals surface area (Å²) in [6.07, 6.45) is 3.08. The van der Waals surface area contributed by atoms with E-state index in [-0.39, 0.29) is 21.7 Å². The molecule has 0 radical (unpaired) electrons. The molecule has 0 aliphatic heterocycles. The van der Waals surface area contributed by atoms with Crippen molar-refractivity contribution in [1.82, 2.24) is 0 Å². The minimum absolute atomic E-state index is 0. The average Bonchev–Trinajstić information content (AvgIpc) is 2.26. The van der Waals surface area contributed by atoms with Gasteiger partial charge in [-0.15, -0.1) is 22.4 Å². The second kappa shape index (κ2) is 19.7. The first-order valence-corrected chi connectivity index (χ1v) is 12.5. The van der Waals surface area contributed by atoms with Crippen LogP contribution in [0.1, 0.15) is 136 Å². The summed E-state index contributed by atoms with van der Waals surface area (Å²) in [6.45, 7) is 30.4. The molecule has 0 aromatic carbocycles. The normalized spacial score (nSPS) is 12.4. The molecule has 0 aliphatic rings. The molecule has 0 bridgehead atoms. The van der Waals surface area contributed by atoms with E-state index in [1.165, 1.54) is 0 Å². The number of hydrogen-bond donors (Lipinski definition) is 0. The molecular formula is C28H60O4Ti. The third kappa shape index (κ3) is 71.9. The van der Waals surface area contributed by atoms with Gasteiger partial charge >= 0.3 is 21.7 Å². The van der Waals surface area contributed by atoms with Crippen LogP contribution in [0, 0.1) is 23.7 Å². The monoisotopic (exact) mass is 508 g/mol. The summed E-state index contributed by atoms with van der Waals surface area (Å²) in [4.78, 5) is 0. The smallest absolute Gasteiger partial charge is 0.850 e. The van der Waals surface area contributed by atoms with Gasteiger partial charge in [-0.25, -0.2) is 0 Å². The maximum atomic E-state index is 10.9. The van der Waals surface area contributed by atoms with E-state index in [1.54, 1.807) is 55.4 Å². The fraction of sp³-hybridized carbons (Fsp3) is 1.00. The Morgan fingerprint density at radius 1 is 0.364 bits per heavy atom. The SMILES string of the molecule is CC(C)CC(C)(C)[O-].CC(C)CC(C)(C)[O-].CC(C)CC(C)(C)[O-].CC(C)CC(C)(C)[O-].[Ti+4]. The first-order valence-electron chi connectivity index (χ1n) is 12.5. The molecule has 0 spiro atoms. The molecule has 0 saturated carbocycles. The van der Waals surface area contributed by atoms with Gasteiger partial charge in [0.25, 0.3) is 0 Å². The Bertz CT molecular complexity index is 324. The number of rotatable bonds is 8. The van der Waals surface area contributed by atoms with Gasteiger partial charge in [-0.05, 0) is 23.7 Å². The Hall–Kier alpha value is 0.554. The van der Waals surface area contributed by atoms with E-state index in [0.717, 1.165) is 25.7 Å². The van der Waals surface area contributed by atoms with Gasteiger partial charge in [-0.1, -0.05) is 136 Å². The van der Waals surface area contributed by atoms with E-state index < -0.39 is 22.4 Å². The van der Waals surface area contributed by atoms with Crippen molar-refractivity contribution in [3.05, 3.63) is 0 Å². The van der Waals surface area contributed by atoms with Crippen LogP contribution in [0.5, 0.6) is 0 Å². The van der Waals surface area contributed by atoms with Gasteiger partial charge < -0.3 is 20.4 Å². The molecule has 0 aromatic rings. The first kappa shape index (κ1) is 43.6. The Balaban J connectivity index is -0.000000105. The Morgan fingerprint density at radius 2 is 0.455 bits per heavy atom. The Morgan fingerprint density at radius 3 is 0.455 bits per heavy atom. The van der Waals surface area contributed by atoms with Crippen LogP contribution in [0.3, 0.4) is 0 Å². The predicted molar refractivity (Wildman–Crippen MR) is 134 cm³/mol. The molecule has 0 fully saturated rings. The summed E-state index contributed by atoms with van der Waals surface area (Å²) in [7, 11) is 0. The molecular weight excluding hydrogens is 448 g/mol. The van der Waals surface area contributed by atoms with E-state index in [1.807, 2.05) is 0 Å². The van der Waals surface area contributed by atoms with E-state index in [4.69, 9.17) is 0 Å². The summed E-state index contributed by atoms with van der Waals surface area (Å²) in [5.74, 6) is 2.12. The van der Waals surface area contributed by atoms with Crippen molar-refractivity contribution in [3.8, 4) is 0 Å². The minimum Gasteiger partial charge on any atom is -0.850 e. The quantitative estimate of drug-likeness (QED) is 0.445. The number of hydrogen-bond acceptors (Lipinski definition) is 4. The van der Waals surface area contributed by atoms with Crippen LogP contribution in [-0.4, -0.2) is 22.4 Å². The fourth-order valence-corrected chi connectivity index (χ4v) is 3.93. The van der Waals surface area contributed by atoms with Crippen LogP contribution in [0.4, 0.5) is 0 Å². The van der Waals surface area contributed by atoms with E-state index in [0.29, 0.717) is 23.7 Å². The fourth-order valence-electron chi connectivity index (χ4n) is 3.93. The van der Waals surface area contributed by atoms with Gasteiger partial charge in [0.2, 0.25) is 0 Å². The maximum absolute atomic E-state index is 10.9. The third-order valence-corrected chi connectivity index (χ3v) is 3.60. The van der Waals surface area contributed by atoms with Crippen molar-refractivity contribution < 1.29 is 42.1 Å². The molecule has 0 N–H and O–H groups in total. The van der Waals surface area contributed by atoms with E-state index in [2.05, 4.69) is 55.4 Å². The second-order valence-corrected chi connectivity index (χ2v) is 13.4. The average molecular weight is 509 g/mol. The van der Waals surface area contributed by atoms with E-state index in [9.17, 15) is 20.4 Å². The van der Waals surface area contributed by atoms with Crippen molar-refractivity contribution in [2.24, 2.45) is 23.7 Å². The molecule has 0 amide bonds. The van der Waals surface area contributed by atoms with Gasteiger partial charge in [0, 0.05) is 0 Å². The third-order valence-electron chi connectivity index (χ3n) is 3.60. The van der Waals surface area contributed by atoms with Crippen molar-refractivity contribution in [2.45, 2.75) is 159 Å². The second-order valence-electron chi connectivity index (χ2n) is 13.4. The first-order chi connectivity index (χ1) is 13.7. The summed E-state index contributed by atoms with van der Waals surface area (Å²) < 4.78 is 0. The zero-order valence-electron chi connectivity index (χ0n) is 25.3. The standard InChI is InChI=1S/4C7H15O.Ti/c4*1-6(2)5-7(3,4)8;/h4*6H,5H2,1-4H3;/q4*-1;+4. The molecule has 0 heterocycles. The Labute approximate surface area is 224 Å². The van der Waals surface area contributed by atoms with Crippen LogP contribution in [0.2, 0.25) is 0 Å². The molecule has 0 rings (SSSR count). The van der Waals surface area contributed by atoms with Crippen LogP contribution in [-0.2, 0) is 21.7 Å². The Kier molecular flexibility index (Phi) is 26.0. The summed E-state index contributed by atoms with van der Waals surface area (Å²) in [6, 6.07) is 0. The molecule has 0 unspecified atom stereocenters. The zero-order valence-corrected chi connectivity index (χ0v) is 26.8. The summed E-state index contributed by atoms with van der Waals surface area (Å²) in [5.41, 5.74) is -2.91. The van der Waals surface area contributed by atoms with Gasteiger partial charge in [-0.3, -0.25) is 0 Å². The summed E-state index contributed by atoms with van der Waals surface area (Å²) in [5, 5.41) is 43.7. The molecule has 200 valence electrons. The van der Waals surface area contributed by atoms with Crippen molar-refractivity contribution >= 4 is 0 Å². The van der Waals surface area contributed by atoms with Crippen molar-refractivity contribution in [2.75, 3.05) is 0 Å². The topological polar surface area (TPSA) is 92.2 Å². The zero-order chi connectivity index (χ0) is 27.1. The summed E-state index contributed by atoms with van der Waals surface area (Å²) >= 11 is 0. The molecule has 0 aliphatic carbocycles. The van der Waals surface area contributed by atoms with Gasteiger partial charge in [-0.2, -0.15) is 0 Å². The molecule has 0 atom stereocenters. The van der Waals surface area contributed by atoms with E-state index >= 15 is 0 Å². The van der Waals surface area contributed by atoms with Gasteiger partial charge in [0.1, 0.15) is 0 Å². The minimum atomic E-state index is -0.728. The van der Waals surface area contributed by atoms with Crippen LogP contribution in [0.15, 0.2) is 0 Å². The largest absolute Gasteiger partial charge is 4.00 e. The molecule has 5 heteroatoms. The van der Waals surface area contributed by atoms with Crippen LogP contribution < -0.4 is 20.4 Å². The van der Waals surface area contributed by atoms with Crippen molar-refractivity contribution in [1.29, 1.82) is 0 Å². The predicted octanol–water partition coefficient (Wildman–Crippen LogP) is 4.68. The molecule has 4 nitrogen and oxygen atoms in total. The van der Waals surface area contributed by atoms with Gasteiger partial charge in [0.05, 0.1) is 0 Å². The molecule has 0 saturated heterocycles. The molecule has 33 heavy (non-hydrogen) atoms. The van der Waals surface area contributed by atoms with Gasteiger partial charge in [0.15, 0.2) is 0 Å². The molecule has 0 aromatic heterocycles. The maximum Gasteiger partial charge on any atom is 4.00 e. The van der Waals surface area contributed by atoms with Crippen molar-refractivity contribution in [3.63, 3.8) is 0 Å². The van der Waals surface area contributed by atoms with Crippen LogP contribution >= 0.6 is 0 Å². The van der Waals surface area contributed by atoms with Crippen LogP contribution in [0.25, 0.3) is 0 Å².